The molecule has 168 valence electrons. The zero-order valence-corrected chi connectivity index (χ0v) is 21.5. The number of allylic oxidation sites excluding steroid dienone is 4. The Morgan fingerprint density at radius 2 is 0.971 bits per heavy atom. The maximum Gasteiger partial charge on any atom is 0.176 e. The van der Waals surface area contributed by atoms with Gasteiger partial charge in [0.15, 0.2) is 8.07 Å². The molecule has 4 aromatic carbocycles. The molecule has 0 bridgehead atoms. The monoisotopic (exact) mass is 456 g/mol. The summed E-state index contributed by atoms with van der Waals surface area (Å²) in [5, 5.41) is 5.99. The molecular formula is C33H32Si. The van der Waals surface area contributed by atoms with Crippen LogP contribution in [0.1, 0.15) is 27.7 Å². The molecule has 0 spiro atoms. The van der Waals surface area contributed by atoms with Crippen LogP contribution in [0.2, 0.25) is 0 Å². The fraction of sp³-hybridized carbons (Fsp3) is 0.152. The van der Waals surface area contributed by atoms with Gasteiger partial charge < -0.3 is 0 Å². The molecule has 4 aromatic rings. The minimum absolute atomic E-state index is 0.424. The van der Waals surface area contributed by atoms with Crippen LogP contribution in [0, 0.1) is 5.92 Å². The quantitative estimate of drug-likeness (QED) is 0.232. The molecule has 5 rings (SSSR count). The Hall–Kier alpha value is -3.42. The largest absolute Gasteiger partial charge is 0.176 e. The Bertz CT molecular complexity index is 1320. The Balaban J connectivity index is 1.89. The summed E-state index contributed by atoms with van der Waals surface area (Å²) in [5.74, 6) is 0.424. The van der Waals surface area contributed by atoms with Gasteiger partial charge in [-0.3, -0.25) is 0 Å². The lowest BCUT2D eigenvalue weighted by atomic mass is 10.1. The van der Waals surface area contributed by atoms with Crippen molar-refractivity contribution in [1.29, 1.82) is 0 Å². The summed E-state index contributed by atoms with van der Waals surface area (Å²) in [6, 6.07) is 42.7. The van der Waals surface area contributed by atoms with Crippen LogP contribution in [0.3, 0.4) is 0 Å². The van der Waals surface area contributed by atoms with E-state index in [4.69, 9.17) is 0 Å². The highest BCUT2D eigenvalue weighted by Crippen LogP contribution is 2.41. The number of hydrogen-bond acceptors (Lipinski definition) is 0. The van der Waals surface area contributed by atoms with Crippen LogP contribution in [-0.2, 0) is 0 Å². The van der Waals surface area contributed by atoms with Gasteiger partial charge in [0, 0.05) is 0 Å². The predicted octanol–water partition coefficient (Wildman–Crippen LogP) is 6.67. The summed E-state index contributed by atoms with van der Waals surface area (Å²) < 4.78 is 0. The van der Waals surface area contributed by atoms with Gasteiger partial charge in [-0.1, -0.05) is 139 Å². The maximum atomic E-state index is 2.47. The van der Waals surface area contributed by atoms with E-state index in [1.165, 1.54) is 43.4 Å². The van der Waals surface area contributed by atoms with Crippen molar-refractivity contribution in [3.63, 3.8) is 0 Å². The molecule has 0 radical (unpaired) electrons. The standard InChI is InChI=1S/C33H32Si/c1-24-25(2)27(4)33(26(24)3)34(30-18-10-6-11-19-30,31-20-12-7-13-21-31)32-22-14-17-29(23-32)28-15-8-5-9-16-28/h5-23,26H,1-4H3. The molecule has 34 heavy (non-hydrogen) atoms. The SMILES string of the molecule is CC1=C(C)C(C)C([Si](c2ccccc2)(c2ccccc2)c2cccc(-c3ccccc3)c2)=C1C. The van der Waals surface area contributed by atoms with Gasteiger partial charge in [-0.2, -0.15) is 0 Å². The van der Waals surface area contributed by atoms with Crippen LogP contribution in [0.15, 0.2) is 137 Å². The van der Waals surface area contributed by atoms with E-state index < -0.39 is 8.07 Å². The molecule has 1 aliphatic rings. The zero-order chi connectivity index (χ0) is 23.7. The maximum absolute atomic E-state index is 2.53. The van der Waals surface area contributed by atoms with Gasteiger partial charge in [0.25, 0.3) is 0 Å². The fourth-order valence-electron chi connectivity index (χ4n) is 5.88. The van der Waals surface area contributed by atoms with Crippen molar-refractivity contribution in [3.05, 3.63) is 137 Å². The summed E-state index contributed by atoms with van der Waals surface area (Å²) >= 11 is 0. The first-order chi connectivity index (χ1) is 16.5. The van der Waals surface area contributed by atoms with E-state index in [1.807, 2.05) is 0 Å². The first-order valence-corrected chi connectivity index (χ1v) is 14.2. The summed E-state index contributed by atoms with van der Waals surface area (Å²) in [6.45, 7) is 9.40. The molecule has 1 heteroatoms. The average molecular weight is 457 g/mol. The van der Waals surface area contributed by atoms with Crippen LogP contribution in [0.4, 0.5) is 0 Å². The Morgan fingerprint density at radius 3 is 1.47 bits per heavy atom. The van der Waals surface area contributed by atoms with E-state index in [2.05, 4.69) is 143 Å². The lowest BCUT2D eigenvalue weighted by molar-refractivity contribution is 0.851. The molecule has 0 heterocycles. The van der Waals surface area contributed by atoms with Gasteiger partial charge in [-0.25, -0.2) is 0 Å². The lowest BCUT2D eigenvalue weighted by Gasteiger charge is -2.38. The van der Waals surface area contributed by atoms with Gasteiger partial charge in [0.2, 0.25) is 0 Å². The third-order valence-corrected chi connectivity index (χ3v) is 13.1. The predicted molar refractivity (Wildman–Crippen MR) is 150 cm³/mol. The summed E-state index contributed by atoms with van der Waals surface area (Å²) in [4.78, 5) is 0. The van der Waals surface area contributed by atoms with E-state index in [0.717, 1.165) is 0 Å². The molecule has 0 aromatic heterocycles. The first-order valence-electron chi connectivity index (χ1n) is 12.2. The second-order valence-corrected chi connectivity index (χ2v) is 13.3. The minimum atomic E-state index is -2.53. The molecule has 1 aliphatic carbocycles. The highest BCUT2D eigenvalue weighted by atomic mass is 28.3. The second-order valence-electron chi connectivity index (χ2n) is 9.50. The molecule has 0 nitrogen and oxygen atoms in total. The van der Waals surface area contributed by atoms with E-state index >= 15 is 0 Å². The van der Waals surface area contributed by atoms with Crippen LogP contribution >= 0.6 is 0 Å². The minimum Gasteiger partial charge on any atom is -0.0636 e. The third-order valence-electron chi connectivity index (χ3n) is 7.86. The van der Waals surface area contributed by atoms with Crippen molar-refractivity contribution in [1.82, 2.24) is 0 Å². The average Bonchev–Trinajstić information content (AvgIpc) is 3.10. The first kappa shape index (κ1) is 22.4. The van der Waals surface area contributed by atoms with Crippen LogP contribution < -0.4 is 15.6 Å². The molecule has 0 aliphatic heterocycles. The summed E-state index contributed by atoms with van der Waals surface area (Å²) in [5.41, 5.74) is 7.01. The van der Waals surface area contributed by atoms with Crippen molar-refractivity contribution in [2.45, 2.75) is 27.7 Å². The molecule has 0 N–H and O–H groups in total. The Kier molecular flexibility index (Phi) is 5.97. The normalized spacial score (nSPS) is 16.3. The molecular weight excluding hydrogens is 424 g/mol. The molecule has 0 saturated carbocycles. The van der Waals surface area contributed by atoms with Gasteiger partial charge in [-0.15, -0.1) is 0 Å². The van der Waals surface area contributed by atoms with Crippen molar-refractivity contribution in [2.24, 2.45) is 5.92 Å². The van der Waals surface area contributed by atoms with Crippen molar-refractivity contribution in [3.8, 4) is 11.1 Å². The van der Waals surface area contributed by atoms with E-state index in [1.54, 1.807) is 5.20 Å². The van der Waals surface area contributed by atoms with Gasteiger partial charge in [0.05, 0.1) is 0 Å². The molecule has 1 atom stereocenters. The van der Waals surface area contributed by atoms with Crippen molar-refractivity contribution >= 4 is 23.6 Å². The second kappa shape index (κ2) is 9.08. The van der Waals surface area contributed by atoms with E-state index in [9.17, 15) is 0 Å². The topological polar surface area (TPSA) is 0 Å². The molecule has 0 fully saturated rings. The smallest absolute Gasteiger partial charge is 0.0636 e. The summed E-state index contributed by atoms with van der Waals surface area (Å²) in [6.07, 6.45) is 0. The van der Waals surface area contributed by atoms with Crippen LogP contribution in [0.5, 0.6) is 0 Å². The van der Waals surface area contributed by atoms with E-state index in [-0.39, 0.29) is 0 Å². The van der Waals surface area contributed by atoms with Crippen LogP contribution in [-0.4, -0.2) is 8.07 Å². The van der Waals surface area contributed by atoms with E-state index in [0.29, 0.717) is 5.92 Å². The molecule has 1 unspecified atom stereocenters. The number of hydrogen-bond donors (Lipinski definition) is 0. The zero-order valence-electron chi connectivity index (χ0n) is 20.5. The Morgan fingerprint density at radius 1 is 0.500 bits per heavy atom. The molecule has 0 amide bonds. The lowest BCUT2D eigenvalue weighted by Crippen LogP contribution is -2.69. The number of rotatable bonds is 5. The van der Waals surface area contributed by atoms with Crippen molar-refractivity contribution in [2.75, 3.05) is 0 Å². The molecule has 0 saturated heterocycles. The van der Waals surface area contributed by atoms with Gasteiger partial charge >= 0.3 is 0 Å². The Labute approximate surface area is 205 Å². The highest BCUT2D eigenvalue weighted by molar-refractivity contribution is 7.16. The third kappa shape index (κ3) is 3.52. The van der Waals surface area contributed by atoms with Gasteiger partial charge in [-0.05, 0) is 58.9 Å². The number of benzene rings is 4. The fourth-order valence-corrected chi connectivity index (χ4v) is 11.5. The van der Waals surface area contributed by atoms with Gasteiger partial charge in [0.1, 0.15) is 0 Å². The van der Waals surface area contributed by atoms with Crippen molar-refractivity contribution < 1.29 is 0 Å². The summed E-state index contributed by atoms with van der Waals surface area (Å²) in [7, 11) is -2.53. The van der Waals surface area contributed by atoms with Crippen LogP contribution in [0.25, 0.3) is 11.1 Å². The highest BCUT2D eigenvalue weighted by Gasteiger charge is 2.47.